The first-order valence-electron chi connectivity index (χ1n) is 4.12. The molecule has 0 spiro atoms. The summed E-state index contributed by atoms with van der Waals surface area (Å²) in [6.45, 7) is 0. The van der Waals surface area contributed by atoms with Crippen LogP contribution in [0.25, 0.3) is 0 Å². The van der Waals surface area contributed by atoms with E-state index in [0.717, 1.165) is 11.3 Å². The lowest BCUT2D eigenvalue weighted by Crippen LogP contribution is -2.12. The van der Waals surface area contributed by atoms with E-state index >= 15 is 0 Å². The highest BCUT2D eigenvalue weighted by Crippen LogP contribution is 2.19. The van der Waals surface area contributed by atoms with E-state index < -0.39 is 10.0 Å². The second-order valence-corrected chi connectivity index (χ2v) is 5.76. The number of hydrogen-bond acceptors (Lipinski definition) is 5. The van der Waals surface area contributed by atoms with E-state index in [0.29, 0.717) is 5.02 Å². The highest BCUT2D eigenvalue weighted by atomic mass is 35.5. The molecule has 5 nitrogen and oxygen atoms in total. The van der Waals surface area contributed by atoms with Gasteiger partial charge in [-0.2, -0.15) is 0 Å². The van der Waals surface area contributed by atoms with E-state index in [1.165, 1.54) is 17.6 Å². The fourth-order valence-corrected chi connectivity index (χ4v) is 3.02. The van der Waals surface area contributed by atoms with Gasteiger partial charge >= 0.3 is 0 Å². The molecular formula is C8H6ClN3O2S2. The molecule has 0 saturated heterocycles. The molecule has 1 aromatic carbocycles. The van der Waals surface area contributed by atoms with Crippen LogP contribution in [0.3, 0.4) is 0 Å². The number of benzene rings is 1. The third kappa shape index (κ3) is 2.49. The Kier molecular flexibility index (Phi) is 3.08. The summed E-state index contributed by atoms with van der Waals surface area (Å²) >= 11 is 6.82. The van der Waals surface area contributed by atoms with Crippen LogP contribution < -0.4 is 4.72 Å². The van der Waals surface area contributed by atoms with Gasteiger partial charge in [-0.1, -0.05) is 29.0 Å². The van der Waals surface area contributed by atoms with Gasteiger partial charge in [-0.25, -0.2) is 8.42 Å². The van der Waals surface area contributed by atoms with Gasteiger partial charge in [0.25, 0.3) is 10.0 Å². The first-order chi connectivity index (χ1) is 7.58. The molecule has 0 aliphatic heterocycles. The van der Waals surface area contributed by atoms with E-state index in [-0.39, 0.29) is 10.0 Å². The van der Waals surface area contributed by atoms with Crippen molar-refractivity contribution in [3.8, 4) is 0 Å². The summed E-state index contributed by atoms with van der Waals surface area (Å²) in [6.07, 6.45) is 0. The van der Waals surface area contributed by atoms with Crippen LogP contribution in [-0.4, -0.2) is 18.6 Å². The van der Waals surface area contributed by atoms with Crippen LogP contribution in [0.5, 0.6) is 0 Å². The standard InChI is InChI=1S/C8H6ClN3O2S2/c9-6-2-1-3-7(4-6)16(13,14)12-8-11-10-5-15-8/h1-5H,(H,11,12). The summed E-state index contributed by atoms with van der Waals surface area (Å²) in [5, 5.41) is 7.71. The van der Waals surface area contributed by atoms with Crippen LogP contribution in [0.1, 0.15) is 0 Å². The fraction of sp³-hybridized carbons (Fsp3) is 0. The normalized spacial score (nSPS) is 11.3. The molecule has 1 N–H and O–H groups in total. The van der Waals surface area contributed by atoms with Crippen molar-refractivity contribution in [2.24, 2.45) is 0 Å². The molecule has 0 radical (unpaired) electrons. The topological polar surface area (TPSA) is 72.0 Å². The molecule has 1 heterocycles. The largest absolute Gasteiger partial charge is 0.263 e. The van der Waals surface area contributed by atoms with Crippen LogP contribution in [0.15, 0.2) is 34.7 Å². The van der Waals surface area contributed by atoms with Gasteiger partial charge in [0.15, 0.2) is 0 Å². The number of halogens is 1. The third-order valence-electron chi connectivity index (χ3n) is 1.69. The summed E-state index contributed by atoms with van der Waals surface area (Å²) in [5.41, 5.74) is 1.44. The quantitative estimate of drug-likeness (QED) is 0.930. The van der Waals surface area contributed by atoms with Crippen molar-refractivity contribution in [3.05, 3.63) is 34.8 Å². The van der Waals surface area contributed by atoms with Crippen molar-refractivity contribution >= 4 is 38.1 Å². The first-order valence-corrected chi connectivity index (χ1v) is 6.86. The second kappa shape index (κ2) is 4.36. The molecule has 1 aromatic heterocycles. The van der Waals surface area contributed by atoms with E-state index in [1.807, 2.05) is 0 Å². The highest BCUT2D eigenvalue weighted by molar-refractivity contribution is 7.93. The molecule has 0 atom stereocenters. The monoisotopic (exact) mass is 275 g/mol. The van der Waals surface area contributed by atoms with Crippen LogP contribution in [0.2, 0.25) is 5.02 Å². The average molecular weight is 276 g/mol. The minimum atomic E-state index is -3.63. The van der Waals surface area contributed by atoms with Crippen molar-refractivity contribution in [1.82, 2.24) is 10.2 Å². The molecule has 16 heavy (non-hydrogen) atoms. The molecule has 0 bridgehead atoms. The molecule has 0 aliphatic carbocycles. The average Bonchev–Trinajstić information content (AvgIpc) is 2.70. The molecule has 0 fully saturated rings. The number of hydrogen-bond donors (Lipinski definition) is 1. The number of aromatic nitrogens is 2. The Labute approximate surface area is 101 Å². The smallest absolute Gasteiger partial charge is 0.253 e. The first kappa shape index (κ1) is 11.3. The lowest BCUT2D eigenvalue weighted by atomic mass is 10.4. The molecule has 84 valence electrons. The predicted molar refractivity (Wildman–Crippen MR) is 62.2 cm³/mol. The SMILES string of the molecule is O=S(=O)(Nc1nncs1)c1cccc(Cl)c1. The Hall–Kier alpha value is -1.18. The summed E-state index contributed by atoms with van der Waals surface area (Å²) in [6, 6.07) is 5.99. The summed E-state index contributed by atoms with van der Waals surface area (Å²) in [5.74, 6) is 0. The maximum atomic E-state index is 11.8. The molecule has 0 saturated carbocycles. The minimum Gasteiger partial charge on any atom is -0.253 e. The van der Waals surface area contributed by atoms with E-state index in [1.54, 1.807) is 12.1 Å². The minimum absolute atomic E-state index is 0.0928. The van der Waals surface area contributed by atoms with Gasteiger partial charge < -0.3 is 0 Å². The van der Waals surface area contributed by atoms with Crippen LogP contribution in [0, 0.1) is 0 Å². The fourth-order valence-electron chi connectivity index (χ4n) is 1.03. The number of nitrogens with zero attached hydrogens (tertiary/aromatic N) is 2. The van der Waals surface area contributed by atoms with Crippen LogP contribution >= 0.6 is 22.9 Å². The number of nitrogens with one attached hydrogen (secondary N) is 1. The number of anilines is 1. The Bertz CT molecular complexity index is 583. The van der Waals surface area contributed by atoms with Crippen molar-refractivity contribution in [2.45, 2.75) is 4.90 Å². The summed E-state index contributed by atoms with van der Waals surface area (Å²) in [4.78, 5) is 0.0928. The predicted octanol–water partition coefficient (Wildman–Crippen LogP) is 1.99. The zero-order chi connectivity index (χ0) is 11.6. The lowest BCUT2D eigenvalue weighted by molar-refractivity contribution is 0.601. The molecule has 2 rings (SSSR count). The maximum absolute atomic E-state index is 11.8. The number of sulfonamides is 1. The van der Waals surface area contributed by atoms with Crippen LogP contribution in [0.4, 0.5) is 5.13 Å². The van der Waals surface area contributed by atoms with Crippen molar-refractivity contribution in [3.63, 3.8) is 0 Å². The second-order valence-electron chi connectivity index (χ2n) is 2.81. The van der Waals surface area contributed by atoms with Crippen molar-refractivity contribution in [1.29, 1.82) is 0 Å². The molecule has 0 aliphatic rings. The zero-order valence-corrected chi connectivity index (χ0v) is 10.2. The highest BCUT2D eigenvalue weighted by Gasteiger charge is 2.15. The lowest BCUT2D eigenvalue weighted by Gasteiger charge is -2.04. The Morgan fingerprint density at radius 1 is 1.38 bits per heavy atom. The van der Waals surface area contributed by atoms with Crippen LogP contribution in [-0.2, 0) is 10.0 Å². The van der Waals surface area contributed by atoms with Gasteiger partial charge in [0, 0.05) is 5.02 Å². The van der Waals surface area contributed by atoms with Gasteiger partial charge in [-0.3, -0.25) is 4.72 Å². The van der Waals surface area contributed by atoms with Gasteiger partial charge in [-0.15, -0.1) is 10.2 Å². The number of rotatable bonds is 3. The molecule has 8 heteroatoms. The molecule has 2 aromatic rings. The van der Waals surface area contributed by atoms with E-state index in [9.17, 15) is 8.42 Å². The van der Waals surface area contributed by atoms with Gasteiger partial charge in [0.2, 0.25) is 5.13 Å². The Balaban J connectivity index is 2.33. The summed E-state index contributed by atoms with van der Waals surface area (Å²) in [7, 11) is -3.63. The summed E-state index contributed by atoms with van der Waals surface area (Å²) < 4.78 is 25.9. The molecule has 0 unspecified atom stereocenters. The Morgan fingerprint density at radius 2 is 2.19 bits per heavy atom. The van der Waals surface area contributed by atoms with Crippen molar-refractivity contribution in [2.75, 3.05) is 4.72 Å². The van der Waals surface area contributed by atoms with Crippen molar-refractivity contribution < 1.29 is 8.42 Å². The molecular weight excluding hydrogens is 270 g/mol. The van der Waals surface area contributed by atoms with E-state index in [4.69, 9.17) is 11.6 Å². The van der Waals surface area contributed by atoms with Gasteiger partial charge in [-0.05, 0) is 18.2 Å². The van der Waals surface area contributed by atoms with Gasteiger partial charge in [0.05, 0.1) is 4.90 Å². The third-order valence-corrected chi connectivity index (χ3v) is 4.00. The zero-order valence-electron chi connectivity index (χ0n) is 7.79. The van der Waals surface area contributed by atoms with E-state index in [2.05, 4.69) is 14.9 Å². The molecule has 0 amide bonds. The van der Waals surface area contributed by atoms with Gasteiger partial charge in [0.1, 0.15) is 5.51 Å². The maximum Gasteiger partial charge on any atom is 0.263 e. The Morgan fingerprint density at radius 3 is 2.81 bits per heavy atom.